The highest BCUT2D eigenvalue weighted by atomic mass is 32.1. The number of nitrogens with zero attached hydrogens (tertiary/aromatic N) is 1. The summed E-state index contributed by atoms with van der Waals surface area (Å²) in [5.41, 5.74) is 0.935. The van der Waals surface area contributed by atoms with E-state index in [-0.39, 0.29) is 5.91 Å². The van der Waals surface area contributed by atoms with Gasteiger partial charge in [0.25, 0.3) is 5.91 Å². The molecule has 1 amide bonds. The number of likely N-dealkylation sites (N-methyl/N-ethyl adjacent to an activating group) is 1. The van der Waals surface area contributed by atoms with Crippen molar-refractivity contribution in [2.45, 2.75) is 6.42 Å². The summed E-state index contributed by atoms with van der Waals surface area (Å²) in [4.78, 5) is 15.1. The Morgan fingerprint density at radius 3 is 3.00 bits per heavy atom. The van der Waals surface area contributed by atoms with Crippen LogP contribution in [0.15, 0.2) is 24.3 Å². The predicted molar refractivity (Wildman–Crippen MR) is 62.5 cm³/mol. The lowest BCUT2D eigenvalue weighted by Crippen LogP contribution is -2.33. The number of thiophene rings is 1. The molecule has 0 atom stereocenters. The SMILES string of the molecule is CN1CCc2sc3ccccc3c2C1=O. The van der Waals surface area contributed by atoms with Crippen LogP contribution in [-0.4, -0.2) is 24.4 Å². The first-order valence-corrected chi connectivity index (χ1v) is 5.85. The molecule has 1 aromatic carbocycles. The molecule has 2 aromatic rings. The van der Waals surface area contributed by atoms with E-state index in [1.807, 2.05) is 30.1 Å². The van der Waals surface area contributed by atoms with Crippen LogP contribution in [0.1, 0.15) is 15.2 Å². The third-order valence-corrected chi connectivity index (χ3v) is 4.13. The van der Waals surface area contributed by atoms with Crippen LogP contribution in [0.4, 0.5) is 0 Å². The normalized spacial score (nSPS) is 15.8. The molecule has 76 valence electrons. The van der Waals surface area contributed by atoms with Gasteiger partial charge in [0.1, 0.15) is 0 Å². The topological polar surface area (TPSA) is 20.3 Å². The minimum absolute atomic E-state index is 0.175. The van der Waals surface area contributed by atoms with Gasteiger partial charge in [0.15, 0.2) is 0 Å². The van der Waals surface area contributed by atoms with Gasteiger partial charge < -0.3 is 4.90 Å². The van der Waals surface area contributed by atoms with Gasteiger partial charge in [-0.15, -0.1) is 11.3 Å². The maximum Gasteiger partial charge on any atom is 0.255 e. The van der Waals surface area contributed by atoms with Crippen LogP contribution in [0.3, 0.4) is 0 Å². The van der Waals surface area contributed by atoms with E-state index in [1.165, 1.54) is 9.58 Å². The van der Waals surface area contributed by atoms with Crippen molar-refractivity contribution in [3.63, 3.8) is 0 Å². The molecular weight excluding hydrogens is 206 g/mol. The van der Waals surface area contributed by atoms with E-state index < -0.39 is 0 Å². The van der Waals surface area contributed by atoms with Crippen LogP contribution in [0.25, 0.3) is 10.1 Å². The molecule has 1 aliphatic heterocycles. The van der Waals surface area contributed by atoms with Crippen molar-refractivity contribution < 1.29 is 4.79 Å². The lowest BCUT2D eigenvalue weighted by atomic mass is 10.0. The van der Waals surface area contributed by atoms with E-state index >= 15 is 0 Å². The Labute approximate surface area is 92.1 Å². The van der Waals surface area contributed by atoms with Crippen molar-refractivity contribution in [3.8, 4) is 0 Å². The van der Waals surface area contributed by atoms with Gasteiger partial charge in [-0.05, 0) is 6.07 Å². The fourth-order valence-corrected chi connectivity index (χ4v) is 3.25. The Bertz CT molecular complexity index is 544. The van der Waals surface area contributed by atoms with Gasteiger partial charge in [-0.2, -0.15) is 0 Å². The highest BCUT2D eigenvalue weighted by Gasteiger charge is 2.25. The van der Waals surface area contributed by atoms with Gasteiger partial charge in [-0.3, -0.25) is 4.79 Å². The van der Waals surface area contributed by atoms with E-state index in [1.54, 1.807) is 11.3 Å². The summed E-state index contributed by atoms with van der Waals surface area (Å²) in [6, 6.07) is 8.16. The highest BCUT2D eigenvalue weighted by molar-refractivity contribution is 7.19. The Morgan fingerprint density at radius 2 is 2.13 bits per heavy atom. The molecule has 2 heterocycles. The first kappa shape index (κ1) is 8.92. The first-order valence-electron chi connectivity index (χ1n) is 5.03. The van der Waals surface area contributed by atoms with E-state index in [4.69, 9.17) is 0 Å². The van der Waals surface area contributed by atoms with E-state index in [0.29, 0.717) is 0 Å². The molecule has 2 nitrogen and oxygen atoms in total. The molecule has 0 saturated carbocycles. The summed E-state index contributed by atoms with van der Waals surface area (Å²) in [5.74, 6) is 0.175. The quantitative estimate of drug-likeness (QED) is 0.664. The molecule has 0 fully saturated rings. The molecule has 3 rings (SSSR count). The average Bonchev–Trinajstić information content (AvgIpc) is 2.62. The van der Waals surface area contributed by atoms with Crippen molar-refractivity contribution in [1.82, 2.24) is 4.90 Å². The Kier molecular flexibility index (Phi) is 1.83. The van der Waals surface area contributed by atoms with Crippen LogP contribution in [0, 0.1) is 0 Å². The standard InChI is InChI=1S/C12H11NOS/c1-13-7-6-10-11(12(13)14)8-4-2-3-5-9(8)15-10/h2-5H,6-7H2,1H3. The lowest BCUT2D eigenvalue weighted by molar-refractivity contribution is 0.0785. The van der Waals surface area contributed by atoms with Crippen LogP contribution >= 0.6 is 11.3 Å². The second-order valence-electron chi connectivity index (χ2n) is 3.87. The maximum atomic E-state index is 12.0. The molecule has 0 saturated heterocycles. The maximum absolute atomic E-state index is 12.0. The number of rotatable bonds is 0. The number of hydrogen-bond acceptors (Lipinski definition) is 2. The van der Waals surface area contributed by atoms with Gasteiger partial charge >= 0.3 is 0 Å². The van der Waals surface area contributed by atoms with Crippen LogP contribution in [0.5, 0.6) is 0 Å². The van der Waals surface area contributed by atoms with Gasteiger partial charge in [-0.25, -0.2) is 0 Å². The van der Waals surface area contributed by atoms with Gasteiger partial charge in [0.05, 0.1) is 5.56 Å². The molecule has 15 heavy (non-hydrogen) atoms. The van der Waals surface area contributed by atoms with E-state index in [2.05, 4.69) is 6.07 Å². The largest absolute Gasteiger partial charge is 0.341 e. The summed E-state index contributed by atoms with van der Waals surface area (Å²) in [7, 11) is 1.87. The predicted octanol–water partition coefficient (Wildman–Crippen LogP) is 2.53. The molecule has 0 N–H and O–H groups in total. The van der Waals surface area contributed by atoms with E-state index in [0.717, 1.165) is 23.9 Å². The number of fused-ring (bicyclic) bond motifs is 3. The second-order valence-corrected chi connectivity index (χ2v) is 5.01. The van der Waals surface area contributed by atoms with Crippen LogP contribution < -0.4 is 0 Å². The van der Waals surface area contributed by atoms with Crippen LogP contribution in [-0.2, 0) is 6.42 Å². The molecule has 1 aliphatic rings. The zero-order valence-electron chi connectivity index (χ0n) is 8.49. The third kappa shape index (κ3) is 1.20. The lowest BCUT2D eigenvalue weighted by Gasteiger charge is -2.22. The Morgan fingerprint density at radius 1 is 1.33 bits per heavy atom. The zero-order valence-corrected chi connectivity index (χ0v) is 9.30. The fraction of sp³-hybridized carbons (Fsp3) is 0.250. The van der Waals surface area contributed by atoms with Crippen molar-refractivity contribution in [2.24, 2.45) is 0 Å². The first-order chi connectivity index (χ1) is 7.27. The van der Waals surface area contributed by atoms with Crippen molar-refractivity contribution in [1.29, 1.82) is 0 Å². The summed E-state index contributed by atoms with van der Waals surface area (Å²) in [6.07, 6.45) is 0.997. The number of carbonyl (C=O) groups excluding carboxylic acids is 1. The number of hydrogen-bond donors (Lipinski definition) is 0. The minimum Gasteiger partial charge on any atom is -0.341 e. The van der Waals surface area contributed by atoms with Gasteiger partial charge in [-0.1, -0.05) is 18.2 Å². The summed E-state index contributed by atoms with van der Waals surface area (Å²) in [6.45, 7) is 0.846. The molecule has 0 bridgehead atoms. The minimum atomic E-state index is 0.175. The van der Waals surface area contributed by atoms with Crippen molar-refractivity contribution >= 4 is 27.3 Å². The van der Waals surface area contributed by atoms with E-state index in [9.17, 15) is 4.79 Å². The molecule has 0 spiro atoms. The highest BCUT2D eigenvalue weighted by Crippen LogP contribution is 2.34. The smallest absolute Gasteiger partial charge is 0.255 e. The Balaban J connectivity index is 2.34. The number of benzene rings is 1. The Hall–Kier alpha value is -1.35. The van der Waals surface area contributed by atoms with Gasteiger partial charge in [0.2, 0.25) is 0 Å². The monoisotopic (exact) mass is 217 g/mol. The fourth-order valence-electron chi connectivity index (χ4n) is 2.07. The molecular formula is C12H11NOS. The average molecular weight is 217 g/mol. The molecule has 0 radical (unpaired) electrons. The zero-order chi connectivity index (χ0) is 10.4. The van der Waals surface area contributed by atoms with Gasteiger partial charge in [0, 0.05) is 35.0 Å². The molecule has 0 aliphatic carbocycles. The summed E-state index contributed by atoms with van der Waals surface area (Å²) >= 11 is 1.76. The molecule has 0 unspecified atom stereocenters. The van der Waals surface area contributed by atoms with Crippen LogP contribution in [0.2, 0.25) is 0 Å². The number of amides is 1. The number of carbonyl (C=O) groups is 1. The molecule has 3 heteroatoms. The molecule has 1 aromatic heterocycles. The summed E-state index contributed by atoms with van der Waals surface area (Å²) in [5, 5.41) is 1.12. The second kappa shape index (κ2) is 3.07. The third-order valence-electron chi connectivity index (χ3n) is 2.90. The van der Waals surface area contributed by atoms with Crippen molar-refractivity contribution in [2.75, 3.05) is 13.6 Å². The van der Waals surface area contributed by atoms with Crippen molar-refractivity contribution in [3.05, 3.63) is 34.7 Å². The summed E-state index contributed by atoms with van der Waals surface area (Å²) < 4.78 is 1.23.